The summed E-state index contributed by atoms with van der Waals surface area (Å²) in [7, 11) is 0. The standard InChI is InChI=1S/C19H22N2O2S/c22-18(12-17-7-4-10-24-17)20-13-16-11-19(23)21(14-16)9-8-15-5-2-1-3-6-15/h1-7,10,16H,8-9,11-14H2,(H,20,22). The van der Waals surface area contributed by atoms with Gasteiger partial charge in [0.15, 0.2) is 0 Å². The maximum absolute atomic E-state index is 12.1. The van der Waals surface area contributed by atoms with Crippen LogP contribution < -0.4 is 5.32 Å². The minimum Gasteiger partial charge on any atom is -0.355 e. The fraction of sp³-hybridized carbons (Fsp3) is 0.368. The van der Waals surface area contributed by atoms with E-state index < -0.39 is 0 Å². The first-order chi connectivity index (χ1) is 11.7. The first kappa shape index (κ1) is 16.7. The van der Waals surface area contributed by atoms with Crippen LogP contribution in [-0.2, 0) is 22.4 Å². The van der Waals surface area contributed by atoms with Crippen LogP contribution in [0.15, 0.2) is 47.8 Å². The molecule has 0 bridgehead atoms. The molecule has 1 aliphatic rings. The highest BCUT2D eigenvalue weighted by Gasteiger charge is 2.29. The smallest absolute Gasteiger partial charge is 0.225 e. The molecule has 0 radical (unpaired) electrons. The average molecular weight is 342 g/mol. The lowest BCUT2D eigenvalue weighted by atomic mass is 10.1. The number of carbonyl (C=O) groups excluding carboxylic acids is 2. The van der Waals surface area contributed by atoms with Crippen LogP contribution in [0.5, 0.6) is 0 Å². The molecule has 1 saturated heterocycles. The van der Waals surface area contributed by atoms with Gasteiger partial charge in [-0.3, -0.25) is 9.59 Å². The predicted octanol–water partition coefficient (Wildman–Crippen LogP) is 2.50. The van der Waals surface area contributed by atoms with Crippen molar-refractivity contribution in [3.63, 3.8) is 0 Å². The zero-order valence-electron chi connectivity index (χ0n) is 13.6. The van der Waals surface area contributed by atoms with Crippen LogP contribution in [0.4, 0.5) is 0 Å². The van der Waals surface area contributed by atoms with Crippen LogP contribution in [0.2, 0.25) is 0 Å². The van der Waals surface area contributed by atoms with Gasteiger partial charge in [0.05, 0.1) is 6.42 Å². The Labute approximate surface area is 146 Å². The lowest BCUT2D eigenvalue weighted by molar-refractivity contribution is -0.127. The van der Waals surface area contributed by atoms with Gasteiger partial charge < -0.3 is 10.2 Å². The molecular formula is C19H22N2O2S. The summed E-state index contributed by atoms with van der Waals surface area (Å²) in [6, 6.07) is 14.1. The molecule has 2 heterocycles. The lowest BCUT2D eigenvalue weighted by Crippen LogP contribution is -2.32. The molecule has 0 aliphatic carbocycles. The molecule has 3 rings (SSSR count). The van der Waals surface area contributed by atoms with Crippen molar-refractivity contribution < 1.29 is 9.59 Å². The molecule has 1 aliphatic heterocycles. The molecule has 0 saturated carbocycles. The normalized spacial score (nSPS) is 17.2. The lowest BCUT2D eigenvalue weighted by Gasteiger charge is -2.17. The van der Waals surface area contributed by atoms with Crippen LogP contribution >= 0.6 is 11.3 Å². The Morgan fingerprint density at radius 3 is 2.79 bits per heavy atom. The number of benzene rings is 1. The van der Waals surface area contributed by atoms with E-state index in [1.54, 1.807) is 11.3 Å². The Bertz CT molecular complexity index is 670. The second-order valence-electron chi connectivity index (χ2n) is 6.21. The average Bonchev–Trinajstić information content (AvgIpc) is 3.22. The van der Waals surface area contributed by atoms with Gasteiger partial charge in [-0.15, -0.1) is 11.3 Å². The van der Waals surface area contributed by atoms with Gasteiger partial charge >= 0.3 is 0 Å². The zero-order chi connectivity index (χ0) is 16.8. The number of nitrogens with one attached hydrogen (secondary N) is 1. The van der Waals surface area contributed by atoms with Crippen molar-refractivity contribution in [2.45, 2.75) is 19.3 Å². The second-order valence-corrected chi connectivity index (χ2v) is 7.24. The molecule has 2 amide bonds. The number of carbonyl (C=O) groups is 2. The molecule has 1 atom stereocenters. The van der Waals surface area contributed by atoms with E-state index >= 15 is 0 Å². The first-order valence-electron chi connectivity index (χ1n) is 8.31. The molecule has 4 nitrogen and oxygen atoms in total. The van der Waals surface area contributed by atoms with Gasteiger partial charge in [0.1, 0.15) is 0 Å². The summed E-state index contributed by atoms with van der Waals surface area (Å²) in [5.41, 5.74) is 1.25. The fourth-order valence-corrected chi connectivity index (χ4v) is 3.71. The number of hydrogen-bond acceptors (Lipinski definition) is 3. The maximum atomic E-state index is 12.1. The number of thiophene rings is 1. The van der Waals surface area contributed by atoms with Crippen molar-refractivity contribution in [2.24, 2.45) is 5.92 Å². The van der Waals surface area contributed by atoms with Crippen molar-refractivity contribution in [1.82, 2.24) is 10.2 Å². The summed E-state index contributed by atoms with van der Waals surface area (Å²) in [5.74, 6) is 0.455. The Morgan fingerprint density at radius 1 is 1.21 bits per heavy atom. The van der Waals surface area contributed by atoms with E-state index in [0.717, 1.165) is 24.4 Å². The Hall–Kier alpha value is -2.14. The highest BCUT2D eigenvalue weighted by Crippen LogP contribution is 2.18. The van der Waals surface area contributed by atoms with E-state index in [-0.39, 0.29) is 17.7 Å². The quantitative estimate of drug-likeness (QED) is 0.840. The monoisotopic (exact) mass is 342 g/mol. The van der Waals surface area contributed by atoms with Crippen molar-refractivity contribution in [2.75, 3.05) is 19.6 Å². The molecule has 1 aromatic heterocycles. The summed E-state index contributed by atoms with van der Waals surface area (Å²) in [6.45, 7) is 2.07. The topological polar surface area (TPSA) is 49.4 Å². The summed E-state index contributed by atoms with van der Waals surface area (Å²) < 4.78 is 0. The van der Waals surface area contributed by atoms with E-state index in [9.17, 15) is 9.59 Å². The third-order valence-corrected chi connectivity index (χ3v) is 5.19. The molecule has 1 aromatic carbocycles. The second kappa shape index (κ2) is 8.11. The Kier molecular flexibility index (Phi) is 5.64. The Morgan fingerprint density at radius 2 is 2.04 bits per heavy atom. The molecule has 24 heavy (non-hydrogen) atoms. The van der Waals surface area contributed by atoms with Gasteiger partial charge in [-0.2, -0.15) is 0 Å². The maximum Gasteiger partial charge on any atom is 0.225 e. The van der Waals surface area contributed by atoms with Gasteiger partial charge in [0.25, 0.3) is 0 Å². The SMILES string of the molecule is O=C(Cc1cccs1)NCC1CC(=O)N(CCc2ccccc2)C1. The molecule has 1 fully saturated rings. The van der Waals surface area contributed by atoms with Gasteiger partial charge in [-0.25, -0.2) is 0 Å². The minimum absolute atomic E-state index is 0.0348. The van der Waals surface area contributed by atoms with Gasteiger partial charge in [0.2, 0.25) is 11.8 Å². The highest BCUT2D eigenvalue weighted by molar-refractivity contribution is 7.10. The molecule has 1 N–H and O–H groups in total. The number of nitrogens with zero attached hydrogens (tertiary/aromatic N) is 1. The largest absolute Gasteiger partial charge is 0.355 e. The fourth-order valence-electron chi connectivity index (χ4n) is 3.01. The predicted molar refractivity (Wildman–Crippen MR) is 95.9 cm³/mol. The van der Waals surface area contributed by atoms with Crippen LogP contribution in [0, 0.1) is 5.92 Å². The Balaban J connectivity index is 1.40. The molecule has 2 aromatic rings. The van der Waals surface area contributed by atoms with Crippen molar-refractivity contribution >= 4 is 23.2 Å². The van der Waals surface area contributed by atoms with Gasteiger partial charge in [0, 0.05) is 36.9 Å². The van der Waals surface area contributed by atoms with Crippen molar-refractivity contribution in [3.05, 3.63) is 58.3 Å². The van der Waals surface area contributed by atoms with Crippen molar-refractivity contribution in [1.29, 1.82) is 0 Å². The minimum atomic E-state index is 0.0348. The first-order valence-corrected chi connectivity index (χ1v) is 9.19. The molecule has 0 spiro atoms. The van der Waals surface area contributed by atoms with E-state index in [1.165, 1.54) is 5.56 Å². The van der Waals surface area contributed by atoms with Gasteiger partial charge in [-0.1, -0.05) is 36.4 Å². The summed E-state index contributed by atoms with van der Waals surface area (Å²) >= 11 is 1.59. The van der Waals surface area contributed by atoms with Gasteiger partial charge in [-0.05, 0) is 23.4 Å². The molecular weight excluding hydrogens is 320 g/mol. The van der Waals surface area contributed by atoms with Crippen molar-refractivity contribution in [3.8, 4) is 0 Å². The molecule has 5 heteroatoms. The zero-order valence-corrected chi connectivity index (χ0v) is 14.4. The van der Waals surface area contributed by atoms with E-state index in [4.69, 9.17) is 0 Å². The third-order valence-electron chi connectivity index (χ3n) is 4.31. The summed E-state index contributed by atoms with van der Waals surface area (Å²) in [4.78, 5) is 27.0. The number of hydrogen-bond donors (Lipinski definition) is 1. The van der Waals surface area contributed by atoms with Crippen LogP contribution in [-0.4, -0.2) is 36.3 Å². The summed E-state index contributed by atoms with van der Waals surface area (Å²) in [6.07, 6.45) is 1.84. The van der Waals surface area contributed by atoms with E-state index in [1.807, 2.05) is 40.6 Å². The number of likely N-dealkylation sites (tertiary alicyclic amines) is 1. The van der Waals surface area contributed by atoms with E-state index in [0.29, 0.717) is 19.4 Å². The van der Waals surface area contributed by atoms with Crippen LogP contribution in [0.1, 0.15) is 16.9 Å². The molecule has 1 unspecified atom stereocenters. The molecule has 126 valence electrons. The van der Waals surface area contributed by atoms with Crippen LogP contribution in [0.25, 0.3) is 0 Å². The number of amides is 2. The highest BCUT2D eigenvalue weighted by atomic mass is 32.1. The van der Waals surface area contributed by atoms with E-state index in [2.05, 4.69) is 17.4 Å². The number of rotatable bonds is 7. The van der Waals surface area contributed by atoms with Crippen LogP contribution in [0.3, 0.4) is 0 Å². The third kappa shape index (κ3) is 4.68. The summed E-state index contributed by atoms with van der Waals surface area (Å²) in [5, 5.41) is 4.94.